The highest BCUT2D eigenvalue weighted by Gasteiger charge is 2.33. The van der Waals surface area contributed by atoms with E-state index in [0.717, 1.165) is 27.9 Å². The van der Waals surface area contributed by atoms with Gasteiger partial charge in [-0.05, 0) is 80.7 Å². The first-order valence-corrected chi connectivity index (χ1v) is 16.5. The maximum absolute atomic E-state index is 13.9. The Morgan fingerprint density at radius 2 is 1.66 bits per heavy atom. The number of hydrogen-bond acceptors (Lipinski definition) is 4. The van der Waals surface area contributed by atoms with Gasteiger partial charge in [-0.3, -0.25) is 4.79 Å². The van der Waals surface area contributed by atoms with Crippen molar-refractivity contribution in [2.75, 3.05) is 37.2 Å². The number of amides is 3. The number of benzene rings is 2. The van der Waals surface area contributed by atoms with Gasteiger partial charge in [0.1, 0.15) is 0 Å². The highest BCUT2D eigenvalue weighted by atomic mass is 32.2. The number of rotatable bonds is 12. The lowest BCUT2D eigenvalue weighted by Crippen LogP contribution is -2.52. The van der Waals surface area contributed by atoms with Crippen LogP contribution in [0.2, 0.25) is 0 Å². The quantitative estimate of drug-likeness (QED) is 0.345. The van der Waals surface area contributed by atoms with Crippen molar-refractivity contribution in [1.82, 2.24) is 14.1 Å². The van der Waals surface area contributed by atoms with Crippen molar-refractivity contribution < 1.29 is 18.0 Å². The summed E-state index contributed by atoms with van der Waals surface area (Å²) in [4.78, 5) is 30.7. The van der Waals surface area contributed by atoms with E-state index >= 15 is 0 Å². The molecule has 0 spiro atoms. The molecule has 3 amide bonds. The lowest BCUT2D eigenvalue weighted by molar-refractivity contribution is -0.135. The first kappa shape index (κ1) is 32.6. The van der Waals surface area contributed by atoms with Gasteiger partial charge in [-0.1, -0.05) is 57.2 Å². The Labute approximate surface area is 247 Å². The molecular weight excluding hydrogens is 536 g/mol. The van der Waals surface area contributed by atoms with Crippen LogP contribution in [0.1, 0.15) is 68.7 Å². The number of likely N-dealkylation sites (tertiary alicyclic amines) is 1. The van der Waals surface area contributed by atoms with E-state index in [1.54, 1.807) is 4.90 Å². The second-order valence-electron chi connectivity index (χ2n) is 11.7. The summed E-state index contributed by atoms with van der Waals surface area (Å²) in [5.41, 5.74) is 5.11. The van der Waals surface area contributed by atoms with Crippen LogP contribution in [0.25, 0.3) is 0 Å². The minimum absolute atomic E-state index is 0.0318. The van der Waals surface area contributed by atoms with Gasteiger partial charge in [0, 0.05) is 37.9 Å². The number of hydrogen-bond donors (Lipinski definition) is 1. The van der Waals surface area contributed by atoms with Gasteiger partial charge < -0.3 is 15.1 Å². The summed E-state index contributed by atoms with van der Waals surface area (Å²) in [6.45, 7) is 13.6. The molecule has 1 saturated heterocycles. The Kier molecular flexibility index (Phi) is 11.8. The largest absolute Gasteiger partial charge is 0.334 e. The van der Waals surface area contributed by atoms with E-state index < -0.39 is 10.0 Å². The molecule has 2 aromatic carbocycles. The summed E-state index contributed by atoms with van der Waals surface area (Å²) in [6.07, 6.45) is 2.46. The van der Waals surface area contributed by atoms with Crippen LogP contribution in [-0.4, -0.2) is 72.4 Å². The van der Waals surface area contributed by atoms with Gasteiger partial charge in [-0.25, -0.2) is 13.2 Å². The van der Waals surface area contributed by atoms with E-state index in [1.807, 2.05) is 75.1 Å². The molecule has 1 aliphatic heterocycles. The molecule has 41 heavy (non-hydrogen) atoms. The van der Waals surface area contributed by atoms with Crippen molar-refractivity contribution in [3.8, 4) is 0 Å². The molecule has 0 bridgehead atoms. The van der Waals surface area contributed by atoms with E-state index in [2.05, 4.69) is 19.2 Å². The molecule has 0 aromatic heterocycles. The smallest absolute Gasteiger partial charge is 0.321 e. The molecule has 2 aromatic rings. The zero-order valence-corrected chi connectivity index (χ0v) is 26.5. The highest BCUT2D eigenvalue weighted by Crippen LogP contribution is 2.24. The summed E-state index contributed by atoms with van der Waals surface area (Å²) in [5, 5.41) is 3.05. The molecule has 0 aliphatic carbocycles. The molecule has 9 heteroatoms. The van der Waals surface area contributed by atoms with E-state index in [4.69, 9.17) is 0 Å². The number of piperidine rings is 1. The van der Waals surface area contributed by atoms with Gasteiger partial charge in [0.25, 0.3) is 0 Å². The molecule has 0 atom stereocenters. The summed E-state index contributed by atoms with van der Waals surface area (Å²) in [6, 6.07) is 13.6. The molecule has 0 unspecified atom stereocenters. The third-order valence-corrected chi connectivity index (χ3v) is 10.1. The van der Waals surface area contributed by atoms with Crippen LogP contribution in [0.3, 0.4) is 0 Å². The number of nitrogens with one attached hydrogen (secondary N) is 1. The predicted octanol–water partition coefficient (Wildman–Crippen LogP) is 5.72. The zero-order valence-electron chi connectivity index (χ0n) is 25.7. The first-order chi connectivity index (χ1) is 19.4. The summed E-state index contributed by atoms with van der Waals surface area (Å²) in [5.74, 6) is 0.172. The fourth-order valence-corrected chi connectivity index (χ4v) is 6.67. The molecule has 0 saturated carbocycles. The van der Waals surface area contributed by atoms with E-state index in [-0.39, 0.29) is 30.3 Å². The Morgan fingerprint density at radius 1 is 1.00 bits per heavy atom. The fourth-order valence-electron chi connectivity index (χ4n) is 5.20. The number of carbonyl (C=O) groups is 2. The number of aryl methyl sites for hydroxylation is 2. The molecular formula is C32H48N4O4S. The molecule has 1 fully saturated rings. The van der Waals surface area contributed by atoms with Crippen LogP contribution in [0.4, 0.5) is 10.5 Å². The number of carbonyl (C=O) groups excluding carboxylic acids is 2. The van der Waals surface area contributed by atoms with Gasteiger partial charge in [0.2, 0.25) is 15.9 Å². The highest BCUT2D eigenvalue weighted by molar-refractivity contribution is 7.89. The SMILES string of the molecule is CCCS(=O)(=O)N(CCC(C)C)CC(=O)N(Cc1ccccc1C)C1CCN(C(=O)Nc2cccc(C)c2C)CC1. The predicted molar refractivity (Wildman–Crippen MR) is 166 cm³/mol. The summed E-state index contributed by atoms with van der Waals surface area (Å²) >= 11 is 0. The topological polar surface area (TPSA) is 90.0 Å². The van der Waals surface area contributed by atoms with Crippen molar-refractivity contribution >= 4 is 27.6 Å². The van der Waals surface area contributed by atoms with Crippen LogP contribution < -0.4 is 5.32 Å². The number of sulfonamides is 1. The van der Waals surface area contributed by atoms with Crippen molar-refractivity contribution in [2.45, 2.75) is 79.8 Å². The van der Waals surface area contributed by atoms with E-state index in [1.165, 1.54) is 4.31 Å². The van der Waals surface area contributed by atoms with Gasteiger partial charge in [0.15, 0.2) is 0 Å². The Balaban J connectivity index is 1.77. The van der Waals surface area contributed by atoms with Gasteiger partial charge >= 0.3 is 6.03 Å². The van der Waals surface area contributed by atoms with Gasteiger partial charge in [0.05, 0.1) is 12.3 Å². The lowest BCUT2D eigenvalue weighted by Gasteiger charge is -2.39. The molecule has 1 heterocycles. The minimum Gasteiger partial charge on any atom is -0.334 e. The fraction of sp³-hybridized carbons (Fsp3) is 0.562. The van der Waals surface area contributed by atoms with E-state index in [9.17, 15) is 18.0 Å². The van der Waals surface area contributed by atoms with Gasteiger partial charge in [-0.15, -0.1) is 0 Å². The monoisotopic (exact) mass is 584 g/mol. The molecule has 1 N–H and O–H groups in total. The Morgan fingerprint density at radius 3 is 2.29 bits per heavy atom. The summed E-state index contributed by atoms with van der Waals surface area (Å²) < 4.78 is 27.6. The van der Waals surface area contributed by atoms with E-state index in [0.29, 0.717) is 57.8 Å². The third-order valence-electron chi connectivity index (χ3n) is 8.08. The average molecular weight is 585 g/mol. The third kappa shape index (κ3) is 9.04. The standard InChI is InChI=1S/C32H48N4O4S/c1-7-21-41(39,40)35(20-15-24(2)3)23-31(37)36(22-28-13-9-8-11-26(28)5)29-16-18-34(19-17-29)32(38)33-30-14-10-12-25(4)27(30)6/h8-14,24,29H,7,15-23H2,1-6H3,(H,33,38). The minimum atomic E-state index is -3.54. The molecule has 1 aliphatic rings. The molecule has 3 rings (SSSR count). The Hall–Kier alpha value is -2.91. The normalized spacial score (nSPS) is 14.5. The number of anilines is 1. The number of nitrogens with zero attached hydrogens (tertiary/aromatic N) is 3. The van der Waals surface area contributed by atoms with Crippen molar-refractivity contribution in [3.05, 3.63) is 64.7 Å². The van der Waals surface area contributed by atoms with Crippen LogP contribution in [-0.2, 0) is 21.4 Å². The van der Waals surface area contributed by atoms with Crippen molar-refractivity contribution in [2.24, 2.45) is 5.92 Å². The van der Waals surface area contributed by atoms with Crippen LogP contribution >= 0.6 is 0 Å². The van der Waals surface area contributed by atoms with Crippen molar-refractivity contribution in [1.29, 1.82) is 0 Å². The van der Waals surface area contributed by atoms with Crippen LogP contribution in [0, 0.1) is 26.7 Å². The molecule has 8 nitrogen and oxygen atoms in total. The van der Waals surface area contributed by atoms with Crippen LogP contribution in [0.15, 0.2) is 42.5 Å². The second kappa shape index (κ2) is 14.8. The molecule has 0 radical (unpaired) electrons. The van der Waals surface area contributed by atoms with Crippen molar-refractivity contribution in [3.63, 3.8) is 0 Å². The summed E-state index contributed by atoms with van der Waals surface area (Å²) in [7, 11) is -3.54. The second-order valence-corrected chi connectivity index (χ2v) is 13.8. The molecule has 226 valence electrons. The maximum Gasteiger partial charge on any atom is 0.321 e. The maximum atomic E-state index is 13.9. The van der Waals surface area contributed by atoms with Crippen LogP contribution in [0.5, 0.6) is 0 Å². The zero-order chi connectivity index (χ0) is 30.2. The van der Waals surface area contributed by atoms with Gasteiger partial charge in [-0.2, -0.15) is 4.31 Å². The lowest BCUT2D eigenvalue weighted by atomic mass is 10.0. The number of urea groups is 1. The Bertz CT molecular complexity index is 1290. The average Bonchev–Trinajstić information content (AvgIpc) is 2.92. The first-order valence-electron chi connectivity index (χ1n) is 14.9.